The Kier molecular flexibility index (Phi) is 2.27. The highest BCUT2D eigenvalue weighted by Crippen LogP contribution is 2.44. The van der Waals surface area contributed by atoms with E-state index in [1.807, 2.05) is 11.3 Å². The lowest BCUT2D eigenvalue weighted by atomic mass is 9.95. The molecule has 2 heterocycles. The average molecular weight is 243 g/mol. The van der Waals surface area contributed by atoms with Crippen LogP contribution in [-0.2, 0) is 0 Å². The molecule has 0 spiro atoms. The number of benzene rings is 1. The van der Waals surface area contributed by atoms with E-state index in [1.54, 1.807) is 5.56 Å². The number of nitrogens with one attached hydrogen (secondary N) is 1. The van der Waals surface area contributed by atoms with Crippen molar-refractivity contribution in [1.29, 1.82) is 0 Å². The molecule has 1 nitrogen and oxygen atoms in total. The summed E-state index contributed by atoms with van der Waals surface area (Å²) in [6, 6.07) is 9.34. The van der Waals surface area contributed by atoms with E-state index in [4.69, 9.17) is 0 Å². The Balaban J connectivity index is 1.66. The average Bonchev–Trinajstić information content (AvgIpc) is 3.02. The molecule has 1 saturated heterocycles. The molecule has 1 aliphatic heterocycles. The lowest BCUT2D eigenvalue weighted by Crippen LogP contribution is -2.11. The zero-order chi connectivity index (χ0) is 11.2. The molecule has 2 atom stereocenters. The lowest BCUT2D eigenvalue weighted by molar-refractivity contribution is 0.494. The van der Waals surface area contributed by atoms with Gasteiger partial charge in [0.05, 0.1) is 0 Å². The molecule has 88 valence electrons. The van der Waals surface area contributed by atoms with Crippen molar-refractivity contribution in [2.45, 2.75) is 18.8 Å². The normalized spacial score (nSPS) is 32.1. The Labute approximate surface area is 106 Å². The van der Waals surface area contributed by atoms with Crippen molar-refractivity contribution in [3.8, 4) is 0 Å². The van der Waals surface area contributed by atoms with Crippen LogP contribution >= 0.6 is 11.3 Å². The second-order valence-electron chi connectivity index (χ2n) is 5.56. The molecule has 1 aromatic carbocycles. The molecule has 1 saturated carbocycles. The van der Waals surface area contributed by atoms with E-state index in [-0.39, 0.29) is 0 Å². The van der Waals surface area contributed by atoms with Gasteiger partial charge in [-0.15, -0.1) is 11.3 Å². The minimum Gasteiger partial charge on any atom is -0.316 e. The van der Waals surface area contributed by atoms with Gasteiger partial charge in [0.25, 0.3) is 0 Å². The predicted molar refractivity (Wildman–Crippen MR) is 73.6 cm³/mol. The van der Waals surface area contributed by atoms with Crippen molar-refractivity contribution in [2.24, 2.45) is 11.8 Å². The van der Waals surface area contributed by atoms with Crippen LogP contribution in [0.25, 0.3) is 10.1 Å². The smallest absolute Gasteiger partial charge is 0.0342 e. The van der Waals surface area contributed by atoms with E-state index in [1.165, 1.54) is 36.0 Å². The van der Waals surface area contributed by atoms with Crippen LogP contribution in [0.3, 0.4) is 0 Å². The third-order valence-electron chi connectivity index (χ3n) is 4.60. The van der Waals surface area contributed by atoms with E-state index < -0.39 is 0 Å². The summed E-state index contributed by atoms with van der Waals surface area (Å²) in [5.74, 6) is 2.70. The number of fused-ring (bicyclic) bond motifs is 2. The fraction of sp³-hybridized carbons (Fsp3) is 0.467. The number of hydrogen-bond donors (Lipinski definition) is 1. The fourth-order valence-corrected chi connectivity index (χ4v) is 4.45. The second-order valence-corrected chi connectivity index (χ2v) is 6.51. The van der Waals surface area contributed by atoms with Gasteiger partial charge in [-0.3, -0.25) is 0 Å². The van der Waals surface area contributed by atoms with Crippen LogP contribution in [0.15, 0.2) is 29.6 Å². The lowest BCUT2D eigenvalue weighted by Gasteiger charge is -2.11. The number of hydrogen-bond acceptors (Lipinski definition) is 2. The van der Waals surface area contributed by atoms with E-state index in [9.17, 15) is 0 Å². The Morgan fingerprint density at radius 3 is 2.71 bits per heavy atom. The highest BCUT2D eigenvalue weighted by atomic mass is 32.1. The molecule has 0 bridgehead atoms. The second kappa shape index (κ2) is 3.82. The molecule has 1 N–H and O–H groups in total. The van der Waals surface area contributed by atoms with Crippen LogP contribution in [0.5, 0.6) is 0 Å². The van der Waals surface area contributed by atoms with Gasteiger partial charge in [-0.25, -0.2) is 0 Å². The van der Waals surface area contributed by atoms with Crippen molar-refractivity contribution in [3.05, 3.63) is 35.2 Å². The summed E-state index contributed by atoms with van der Waals surface area (Å²) in [7, 11) is 0. The quantitative estimate of drug-likeness (QED) is 0.806. The minimum atomic E-state index is 0.816. The summed E-state index contributed by atoms with van der Waals surface area (Å²) in [4.78, 5) is 0. The molecular weight excluding hydrogens is 226 g/mol. The third-order valence-corrected chi connectivity index (χ3v) is 5.50. The van der Waals surface area contributed by atoms with E-state index in [0.29, 0.717) is 0 Å². The molecule has 17 heavy (non-hydrogen) atoms. The first kappa shape index (κ1) is 10.1. The highest BCUT2D eigenvalue weighted by Gasteiger charge is 2.37. The van der Waals surface area contributed by atoms with Crippen molar-refractivity contribution >= 4 is 21.4 Å². The SMILES string of the molecule is c1cc2cc(C3CC4CNCC4C3)ccc2s1. The largest absolute Gasteiger partial charge is 0.316 e. The summed E-state index contributed by atoms with van der Waals surface area (Å²) in [6.45, 7) is 2.50. The maximum Gasteiger partial charge on any atom is 0.0342 e. The molecule has 1 aromatic heterocycles. The van der Waals surface area contributed by atoms with Crippen LogP contribution in [0.4, 0.5) is 0 Å². The van der Waals surface area contributed by atoms with Crippen molar-refractivity contribution in [3.63, 3.8) is 0 Å². The van der Waals surface area contributed by atoms with Gasteiger partial charge >= 0.3 is 0 Å². The van der Waals surface area contributed by atoms with Crippen molar-refractivity contribution in [2.75, 3.05) is 13.1 Å². The van der Waals surface area contributed by atoms with Crippen LogP contribution in [0.2, 0.25) is 0 Å². The van der Waals surface area contributed by atoms with E-state index >= 15 is 0 Å². The van der Waals surface area contributed by atoms with Gasteiger partial charge in [0.2, 0.25) is 0 Å². The van der Waals surface area contributed by atoms with Crippen LogP contribution in [-0.4, -0.2) is 13.1 Å². The maximum absolute atomic E-state index is 3.52. The third kappa shape index (κ3) is 1.62. The monoisotopic (exact) mass is 243 g/mol. The highest BCUT2D eigenvalue weighted by molar-refractivity contribution is 7.17. The minimum absolute atomic E-state index is 0.816. The van der Waals surface area contributed by atoms with Gasteiger partial charge in [0.15, 0.2) is 0 Å². The summed E-state index contributed by atoms with van der Waals surface area (Å²) in [5.41, 5.74) is 1.57. The molecule has 2 aliphatic rings. The van der Waals surface area contributed by atoms with Crippen LogP contribution < -0.4 is 5.32 Å². The fourth-order valence-electron chi connectivity index (χ4n) is 3.68. The van der Waals surface area contributed by atoms with Gasteiger partial charge < -0.3 is 5.32 Å². The summed E-state index contributed by atoms with van der Waals surface area (Å²) in [5, 5.41) is 7.15. The molecule has 0 amide bonds. The summed E-state index contributed by atoms with van der Waals surface area (Å²) in [6.07, 6.45) is 2.79. The first-order valence-corrected chi connectivity index (χ1v) is 7.46. The van der Waals surface area contributed by atoms with Crippen molar-refractivity contribution < 1.29 is 0 Å². The van der Waals surface area contributed by atoms with E-state index in [0.717, 1.165) is 17.8 Å². The van der Waals surface area contributed by atoms with Crippen LogP contribution in [0, 0.1) is 11.8 Å². The topological polar surface area (TPSA) is 12.0 Å². The number of rotatable bonds is 1. The Bertz CT molecular complexity index is 533. The predicted octanol–water partition coefficient (Wildman–Crippen LogP) is 3.61. The molecule has 2 fully saturated rings. The molecule has 4 rings (SSSR count). The first-order chi connectivity index (χ1) is 8.40. The van der Waals surface area contributed by atoms with Crippen LogP contribution in [0.1, 0.15) is 24.3 Å². The zero-order valence-corrected chi connectivity index (χ0v) is 10.7. The molecule has 2 heteroatoms. The first-order valence-electron chi connectivity index (χ1n) is 6.58. The molecule has 1 aliphatic carbocycles. The standard InChI is InChI=1S/C15H17NS/c1-2-15-11(3-4-17-15)5-10(1)12-6-13-8-16-9-14(13)7-12/h1-5,12-14,16H,6-9H2. The molecule has 2 aromatic rings. The zero-order valence-electron chi connectivity index (χ0n) is 9.86. The Hall–Kier alpha value is -0.860. The van der Waals surface area contributed by atoms with Gasteiger partial charge in [-0.1, -0.05) is 12.1 Å². The van der Waals surface area contributed by atoms with Gasteiger partial charge in [-0.2, -0.15) is 0 Å². The summed E-state index contributed by atoms with van der Waals surface area (Å²) >= 11 is 1.85. The number of thiophene rings is 1. The Morgan fingerprint density at radius 1 is 1.06 bits per heavy atom. The molecule has 0 radical (unpaired) electrons. The molecular formula is C15H17NS. The summed E-state index contributed by atoms with van der Waals surface area (Å²) < 4.78 is 1.42. The van der Waals surface area contributed by atoms with Crippen molar-refractivity contribution in [1.82, 2.24) is 5.32 Å². The van der Waals surface area contributed by atoms with Gasteiger partial charge in [0.1, 0.15) is 0 Å². The van der Waals surface area contributed by atoms with Gasteiger partial charge in [-0.05, 0) is 72.1 Å². The Morgan fingerprint density at radius 2 is 1.88 bits per heavy atom. The maximum atomic E-state index is 3.52. The van der Waals surface area contributed by atoms with E-state index in [2.05, 4.69) is 35.0 Å². The molecule has 2 unspecified atom stereocenters. The van der Waals surface area contributed by atoms with Gasteiger partial charge in [0, 0.05) is 4.70 Å².